The maximum absolute atomic E-state index is 13.9. The van der Waals surface area contributed by atoms with Crippen LogP contribution in [0.15, 0.2) is 6.07 Å². The van der Waals surface area contributed by atoms with Gasteiger partial charge in [0.25, 0.3) is 0 Å². The lowest BCUT2D eigenvalue weighted by Crippen LogP contribution is -2.36. The SMILES string of the molecule is CCOP(=O)(OCC)C(CCC(=O)Oc1cc2c(c(C)c1C)OC(C)(CCCC(C)CCCC(C)CCCC(C)C)CC2)P(=O)(OCC)OCC. The van der Waals surface area contributed by atoms with Gasteiger partial charge in [0.1, 0.15) is 17.1 Å². The highest BCUT2D eigenvalue weighted by Crippen LogP contribution is 2.71. The molecule has 1 aliphatic heterocycles. The van der Waals surface area contributed by atoms with Crippen LogP contribution >= 0.6 is 15.2 Å². The van der Waals surface area contributed by atoms with Gasteiger partial charge in [-0.25, -0.2) is 0 Å². The van der Waals surface area contributed by atoms with Crippen LogP contribution in [0.3, 0.4) is 0 Å². The van der Waals surface area contributed by atoms with Crippen LogP contribution in [-0.4, -0.2) is 43.4 Å². The standard InChI is InChI=1S/C40H72O9P2/c1-12-44-50(42,45-13-2)38(51(43,46-14-3)47-15-4)25-24-37(41)48-36-29-35-26-28-40(11,49-39(35)34(10)33(36)9)27-18-23-32(8)22-17-21-31(7)20-16-19-30(5)6/h29-32,38H,12-28H2,1-11H3. The summed E-state index contributed by atoms with van der Waals surface area (Å²) in [7, 11) is -7.92. The van der Waals surface area contributed by atoms with E-state index in [4.69, 9.17) is 27.6 Å². The van der Waals surface area contributed by atoms with E-state index in [0.717, 1.165) is 65.9 Å². The Morgan fingerprint density at radius 2 is 1.25 bits per heavy atom. The van der Waals surface area contributed by atoms with E-state index in [1.165, 1.54) is 44.9 Å². The van der Waals surface area contributed by atoms with E-state index in [1.54, 1.807) is 27.7 Å². The first-order valence-corrected chi connectivity index (χ1v) is 23.1. The third kappa shape index (κ3) is 14.5. The highest BCUT2D eigenvalue weighted by Gasteiger charge is 2.50. The number of carbonyl (C=O) groups excluding carboxylic acids is 1. The molecule has 51 heavy (non-hydrogen) atoms. The van der Waals surface area contributed by atoms with E-state index in [1.807, 2.05) is 19.9 Å². The number of esters is 1. The molecule has 2 rings (SSSR count). The summed E-state index contributed by atoms with van der Waals surface area (Å²) in [6.07, 6.45) is 12.8. The number of carbonyl (C=O) groups is 1. The van der Waals surface area contributed by atoms with Crippen molar-refractivity contribution >= 4 is 21.2 Å². The van der Waals surface area contributed by atoms with Gasteiger partial charge in [-0.3, -0.25) is 13.9 Å². The van der Waals surface area contributed by atoms with Crippen molar-refractivity contribution in [2.45, 2.75) is 171 Å². The summed E-state index contributed by atoms with van der Waals surface area (Å²) in [5, 5.41) is -1.27. The molecule has 0 N–H and O–H groups in total. The highest BCUT2D eigenvalue weighted by atomic mass is 31.2. The Hall–Kier alpha value is -1.21. The lowest BCUT2D eigenvalue weighted by molar-refractivity contribution is -0.134. The molecule has 0 fully saturated rings. The first kappa shape index (κ1) is 45.9. The number of ether oxygens (including phenoxy) is 2. The number of benzene rings is 1. The molecule has 9 nitrogen and oxygen atoms in total. The molecule has 0 aliphatic carbocycles. The van der Waals surface area contributed by atoms with Crippen molar-refractivity contribution in [2.24, 2.45) is 17.8 Å². The van der Waals surface area contributed by atoms with Crippen LogP contribution < -0.4 is 9.47 Å². The molecule has 0 amide bonds. The van der Waals surface area contributed by atoms with Gasteiger partial charge in [-0.05, 0) is 121 Å². The van der Waals surface area contributed by atoms with Gasteiger partial charge in [0.05, 0.1) is 26.4 Å². The van der Waals surface area contributed by atoms with E-state index < -0.39 is 26.6 Å². The minimum absolute atomic E-state index is 0.0720. The van der Waals surface area contributed by atoms with E-state index in [0.29, 0.717) is 5.75 Å². The van der Waals surface area contributed by atoms with Gasteiger partial charge in [-0.2, -0.15) is 0 Å². The normalized spacial score (nSPS) is 17.7. The Morgan fingerprint density at radius 1 is 0.765 bits per heavy atom. The van der Waals surface area contributed by atoms with E-state index in [9.17, 15) is 13.9 Å². The number of hydrogen-bond acceptors (Lipinski definition) is 9. The molecule has 0 saturated carbocycles. The molecule has 1 heterocycles. The molecule has 1 aromatic carbocycles. The van der Waals surface area contributed by atoms with Crippen molar-refractivity contribution in [1.82, 2.24) is 0 Å². The zero-order valence-electron chi connectivity index (χ0n) is 34.0. The first-order chi connectivity index (χ1) is 24.1. The zero-order chi connectivity index (χ0) is 38.2. The van der Waals surface area contributed by atoms with Crippen molar-refractivity contribution in [3.05, 3.63) is 22.8 Å². The average Bonchev–Trinajstić information content (AvgIpc) is 3.04. The maximum atomic E-state index is 13.9. The number of aryl methyl sites for hydroxylation is 1. The highest BCUT2D eigenvalue weighted by molar-refractivity contribution is 7.72. The Labute approximate surface area is 311 Å². The smallest absolute Gasteiger partial charge is 0.345 e. The largest absolute Gasteiger partial charge is 0.487 e. The molecule has 1 aromatic rings. The molecule has 0 saturated heterocycles. The van der Waals surface area contributed by atoms with Crippen LogP contribution in [0.1, 0.15) is 156 Å². The second kappa shape index (κ2) is 22.2. The van der Waals surface area contributed by atoms with Gasteiger partial charge >= 0.3 is 21.2 Å². The summed E-state index contributed by atoms with van der Waals surface area (Å²) in [6, 6.07) is 1.91. The minimum Gasteiger partial charge on any atom is -0.487 e. The fourth-order valence-electron chi connectivity index (χ4n) is 7.09. The molecular formula is C40H72O9P2. The molecule has 296 valence electrons. The first-order valence-electron chi connectivity index (χ1n) is 19.9. The topological polar surface area (TPSA) is 107 Å². The zero-order valence-corrected chi connectivity index (χ0v) is 35.8. The van der Waals surface area contributed by atoms with Crippen LogP contribution in [0.5, 0.6) is 11.5 Å². The van der Waals surface area contributed by atoms with E-state index >= 15 is 0 Å². The number of fused-ring (bicyclic) bond motifs is 1. The molecule has 0 aromatic heterocycles. The van der Waals surface area contributed by atoms with Crippen molar-refractivity contribution < 1.29 is 41.5 Å². The Balaban J connectivity index is 2.02. The number of hydrogen-bond donors (Lipinski definition) is 0. The summed E-state index contributed by atoms with van der Waals surface area (Å²) in [6.45, 7) is 22.6. The van der Waals surface area contributed by atoms with Gasteiger partial charge in [-0.15, -0.1) is 0 Å². The average molecular weight is 759 g/mol. The van der Waals surface area contributed by atoms with Crippen LogP contribution in [0.25, 0.3) is 0 Å². The number of rotatable bonds is 26. The lowest BCUT2D eigenvalue weighted by Gasteiger charge is -2.37. The minimum atomic E-state index is -3.96. The summed E-state index contributed by atoms with van der Waals surface area (Å²) in [5.74, 6) is 3.17. The Morgan fingerprint density at radius 3 is 1.75 bits per heavy atom. The second-order valence-corrected chi connectivity index (χ2v) is 20.1. The van der Waals surface area contributed by atoms with Crippen molar-refractivity contribution in [3.63, 3.8) is 0 Å². The molecule has 3 atom stereocenters. The van der Waals surface area contributed by atoms with Gasteiger partial charge in [0, 0.05) is 6.42 Å². The summed E-state index contributed by atoms with van der Waals surface area (Å²) >= 11 is 0. The molecule has 11 heteroatoms. The van der Waals surface area contributed by atoms with Gasteiger partial charge < -0.3 is 27.6 Å². The van der Waals surface area contributed by atoms with Crippen molar-refractivity contribution in [1.29, 1.82) is 0 Å². The summed E-state index contributed by atoms with van der Waals surface area (Å²) in [5.41, 5.74) is 2.59. The molecule has 1 aliphatic rings. The van der Waals surface area contributed by atoms with Gasteiger partial charge in [0.2, 0.25) is 0 Å². The predicted octanol–water partition coefficient (Wildman–Crippen LogP) is 12.4. The Kier molecular flexibility index (Phi) is 20.0. The van der Waals surface area contributed by atoms with Crippen molar-refractivity contribution in [3.8, 4) is 11.5 Å². The van der Waals surface area contributed by atoms with Crippen LogP contribution in [0.2, 0.25) is 0 Å². The molecular weight excluding hydrogens is 686 g/mol. The molecule has 0 spiro atoms. The molecule has 3 unspecified atom stereocenters. The second-order valence-electron chi connectivity index (χ2n) is 15.3. The predicted molar refractivity (Wildman–Crippen MR) is 208 cm³/mol. The monoisotopic (exact) mass is 758 g/mol. The third-order valence-electron chi connectivity index (χ3n) is 10.2. The van der Waals surface area contributed by atoms with Crippen molar-refractivity contribution in [2.75, 3.05) is 26.4 Å². The van der Waals surface area contributed by atoms with Crippen LogP contribution in [-0.2, 0) is 38.4 Å². The molecule has 0 radical (unpaired) electrons. The van der Waals surface area contributed by atoms with E-state index in [2.05, 4.69) is 34.6 Å². The quantitative estimate of drug-likeness (QED) is 0.0518. The lowest BCUT2D eigenvalue weighted by atomic mass is 9.85. The van der Waals surface area contributed by atoms with E-state index in [-0.39, 0.29) is 44.9 Å². The van der Waals surface area contributed by atoms with Crippen LogP contribution in [0.4, 0.5) is 0 Å². The van der Waals surface area contributed by atoms with Crippen LogP contribution in [0, 0.1) is 31.6 Å². The Bertz CT molecular complexity index is 1250. The fourth-order valence-corrected chi connectivity index (χ4v) is 12.4. The summed E-state index contributed by atoms with van der Waals surface area (Å²) in [4.78, 5) is 13.3. The fraction of sp³-hybridized carbons (Fsp3) is 0.825. The maximum Gasteiger partial charge on any atom is 0.345 e. The van der Waals surface area contributed by atoms with Gasteiger partial charge in [-0.1, -0.05) is 72.6 Å². The summed E-state index contributed by atoms with van der Waals surface area (Å²) < 4.78 is 62.5. The molecule has 0 bridgehead atoms. The van der Waals surface area contributed by atoms with Gasteiger partial charge in [0.15, 0.2) is 5.40 Å². The third-order valence-corrected chi connectivity index (χ3v) is 16.4.